The number of aryl methyl sites for hydroxylation is 2. The predicted octanol–water partition coefficient (Wildman–Crippen LogP) is 4.29. The fourth-order valence-corrected chi connectivity index (χ4v) is 1.69. The van der Waals surface area contributed by atoms with Crippen LogP contribution in [0.15, 0.2) is 24.4 Å². The lowest BCUT2D eigenvalue weighted by molar-refractivity contribution is 0.305. The van der Waals surface area contributed by atoms with Crippen molar-refractivity contribution in [2.24, 2.45) is 0 Å². The van der Waals surface area contributed by atoms with Crippen LogP contribution in [0.25, 0.3) is 0 Å². The Morgan fingerprint density at radius 3 is 2.56 bits per heavy atom. The summed E-state index contributed by atoms with van der Waals surface area (Å²) in [6, 6.07) is 5.75. The van der Waals surface area contributed by atoms with Crippen LogP contribution in [0.2, 0.25) is 5.02 Å². The minimum atomic E-state index is 0.477. The van der Waals surface area contributed by atoms with Crippen molar-refractivity contribution in [3.8, 4) is 5.75 Å². The van der Waals surface area contributed by atoms with Crippen molar-refractivity contribution >= 4 is 11.6 Å². The summed E-state index contributed by atoms with van der Waals surface area (Å²) in [4.78, 5) is 0. The van der Waals surface area contributed by atoms with E-state index >= 15 is 0 Å². The molecule has 0 aliphatic rings. The van der Waals surface area contributed by atoms with Gasteiger partial charge in [-0.25, -0.2) is 0 Å². The van der Waals surface area contributed by atoms with E-state index in [1.807, 2.05) is 45.9 Å². The summed E-state index contributed by atoms with van der Waals surface area (Å²) in [5, 5.41) is 7.44. The predicted molar refractivity (Wildman–Crippen MR) is 75.2 cm³/mol. The van der Waals surface area contributed by atoms with Crippen LogP contribution in [0.1, 0.15) is 30.7 Å². The largest absolute Gasteiger partial charge is 0.487 e. The maximum Gasteiger partial charge on any atom is 0.138 e. The average Bonchev–Trinajstić information content (AvgIpc) is 2.76. The topological polar surface area (TPSA) is 37.9 Å². The highest BCUT2D eigenvalue weighted by Gasteiger charge is 2.04. The lowest BCUT2D eigenvalue weighted by atomic mass is 10.2. The number of benzene rings is 1. The Balaban J connectivity index is 0.000000771. The molecule has 0 fully saturated rings. The molecule has 0 radical (unpaired) electrons. The number of halogens is 1. The fraction of sp³-hybridized carbons (Fsp3) is 0.357. The van der Waals surface area contributed by atoms with Gasteiger partial charge in [0.2, 0.25) is 0 Å². The van der Waals surface area contributed by atoms with Crippen molar-refractivity contribution in [3.63, 3.8) is 0 Å². The van der Waals surface area contributed by atoms with Gasteiger partial charge in [0.25, 0.3) is 0 Å². The molecule has 0 saturated carbocycles. The van der Waals surface area contributed by atoms with Crippen LogP contribution in [-0.2, 0) is 6.61 Å². The smallest absolute Gasteiger partial charge is 0.138 e. The monoisotopic (exact) mass is 266 g/mol. The van der Waals surface area contributed by atoms with Crippen LogP contribution in [0.3, 0.4) is 0 Å². The molecule has 0 saturated heterocycles. The molecule has 4 heteroatoms. The van der Waals surface area contributed by atoms with Gasteiger partial charge in [0.1, 0.15) is 12.4 Å². The number of hydrogen-bond acceptors (Lipinski definition) is 2. The van der Waals surface area contributed by atoms with E-state index in [2.05, 4.69) is 10.2 Å². The van der Waals surface area contributed by atoms with Crippen LogP contribution in [0, 0.1) is 13.8 Å². The second-order valence-corrected chi connectivity index (χ2v) is 4.15. The molecular weight excluding hydrogens is 248 g/mol. The van der Waals surface area contributed by atoms with Gasteiger partial charge in [0, 0.05) is 11.3 Å². The van der Waals surface area contributed by atoms with Crippen molar-refractivity contribution in [1.82, 2.24) is 10.2 Å². The van der Waals surface area contributed by atoms with Gasteiger partial charge in [-0.15, -0.1) is 0 Å². The molecule has 0 aliphatic carbocycles. The fourth-order valence-electron chi connectivity index (χ4n) is 1.40. The molecule has 2 aromatic rings. The first-order chi connectivity index (χ1) is 8.66. The Bertz CT molecular complexity index is 494. The number of hydrogen-bond donors (Lipinski definition) is 1. The molecule has 0 spiro atoms. The Kier molecular flexibility index (Phi) is 5.72. The van der Waals surface area contributed by atoms with Gasteiger partial charge >= 0.3 is 0 Å². The van der Waals surface area contributed by atoms with Gasteiger partial charge in [-0.1, -0.05) is 31.5 Å². The number of aromatic amines is 1. The number of nitrogens with zero attached hydrogens (tertiary/aromatic N) is 1. The highest BCUT2D eigenvalue weighted by atomic mass is 35.5. The summed E-state index contributed by atoms with van der Waals surface area (Å²) in [6.07, 6.45) is 1.76. The van der Waals surface area contributed by atoms with Crippen molar-refractivity contribution in [3.05, 3.63) is 46.2 Å². The summed E-state index contributed by atoms with van der Waals surface area (Å²) < 4.78 is 5.63. The molecule has 3 nitrogen and oxygen atoms in total. The van der Waals surface area contributed by atoms with Crippen LogP contribution in [0.4, 0.5) is 0 Å². The first kappa shape index (κ1) is 14.6. The number of rotatable bonds is 3. The summed E-state index contributed by atoms with van der Waals surface area (Å²) in [7, 11) is 0. The second-order valence-electron chi connectivity index (χ2n) is 3.74. The molecule has 0 aliphatic heterocycles. The molecule has 1 aromatic carbocycles. The first-order valence-corrected chi connectivity index (χ1v) is 6.42. The molecule has 1 heterocycles. The van der Waals surface area contributed by atoms with E-state index in [1.165, 1.54) is 0 Å². The number of H-pyrrole nitrogens is 1. The molecule has 0 atom stereocenters. The van der Waals surface area contributed by atoms with Crippen molar-refractivity contribution < 1.29 is 4.74 Å². The van der Waals surface area contributed by atoms with Gasteiger partial charge < -0.3 is 4.74 Å². The Hall–Kier alpha value is -1.48. The Morgan fingerprint density at radius 1 is 1.28 bits per heavy atom. The molecule has 2 rings (SSSR count). The Labute approximate surface area is 113 Å². The molecule has 98 valence electrons. The van der Waals surface area contributed by atoms with Gasteiger partial charge in [-0.2, -0.15) is 5.10 Å². The first-order valence-electron chi connectivity index (χ1n) is 6.04. The van der Waals surface area contributed by atoms with Crippen LogP contribution in [0.5, 0.6) is 5.75 Å². The molecule has 0 bridgehead atoms. The second kappa shape index (κ2) is 7.07. The maximum atomic E-state index is 6.06. The van der Waals surface area contributed by atoms with E-state index in [4.69, 9.17) is 16.3 Å². The van der Waals surface area contributed by atoms with Gasteiger partial charge in [-0.05, 0) is 31.5 Å². The summed E-state index contributed by atoms with van der Waals surface area (Å²) in [6.45, 7) is 8.43. The molecule has 0 amide bonds. The third-order valence-corrected chi connectivity index (χ3v) is 2.70. The standard InChI is InChI=1S/C12H13ClN2O.C2H6/c1-8-3-4-12(11(13)5-8)16-7-10-6-14-15-9(10)2;1-2/h3-6H,7H2,1-2H3,(H,14,15);1-2H3. The lowest BCUT2D eigenvalue weighted by Crippen LogP contribution is -1.96. The van der Waals surface area contributed by atoms with E-state index < -0.39 is 0 Å². The van der Waals surface area contributed by atoms with Crippen LogP contribution >= 0.6 is 11.6 Å². The quantitative estimate of drug-likeness (QED) is 0.900. The lowest BCUT2D eigenvalue weighted by Gasteiger charge is -2.07. The van der Waals surface area contributed by atoms with Crippen LogP contribution in [-0.4, -0.2) is 10.2 Å². The number of nitrogens with one attached hydrogen (secondary N) is 1. The number of ether oxygens (including phenoxy) is 1. The summed E-state index contributed by atoms with van der Waals surface area (Å²) in [5.74, 6) is 0.702. The summed E-state index contributed by atoms with van der Waals surface area (Å²) >= 11 is 6.06. The zero-order valence-electron chi connectivity index (χ0n) is 11.2. The van der Waals surface area contributed by atoms with Gasteiger partial charge in [0.05, 0.1) is 11.2 Å². The average molecular weight is 267 g/mol. The minimum Gasteiger partial charge on any atom is -0.487 e. The van der Waals surface area contributed by atoms with E-state index in [1.54, 1.807) is 6.20 Å². The normalized spacial score (nSPS) is 9.61. The van der Waals surface area contributed by atoms with Crippen molar-refractivity contribution in [2.75, 3.05) is 0 Å². The van der Waals surface area contributed by atoms with E-state index in [0.29, 0.717) is 17.4 Å². The molecule has 1 aromatic heterocycles. The maximum absolute atomic E-state index is 6.06. The van der Waals surface area contributed by atoms with Gasteiger partial charge in [-0.3, -0.25) is 5.10 Å². The van der Waals surface area contributed by atoms with Crippen molar-refractivity contribution in [1.29, 1.82) is 0 Å². The third kappa shape index (κ3) is 3.77. The highest BCUT2D eigenvalue weighted by molar-refractivity contribution is 6.32. The van der Waals surface area contributed by atoms with E-state index in [9.17, 15) is 0 Å². The molecule has 1 N–H and O–H groups in total. The van der Waals surface area contributed by atoms with E-state index in [-0.39, 0.29) is 0 Å². The SMILES string of the molecule is CC.Cc1ccc(OCc2cn[nH]c2C)c(Cl)c1. The van der Waals surface area contributed by atoms with Crippen LogP contribution < -0.4 is 4.74 Å². The third-order valence-electron chi connectivity index (χ3n) is 2.40. The zero-order chi connectivity index (χ0) is 13.5. The molecular formula is C14H19ClN2O. The molecule has 0 unspecified atom stereocenters. The highest BCUT2D eigenvalue weighted by Crippen LogP contribution is 2.26. The van der Waals surface area contributed by atoms with Crippen molar-refractivity contribution in [2.45, 2.75) is 34.3 Å². The summed E-state index contributed by atoms with van der Waals surface area (Å²) in [5.41, 5.74) is 3.18. The zero-order valence-corrected chi connectivity index (χ0v) is 12.0. The Morgan fingerprint density at radius 2 is 2.00 bits per heavy atom. The number of aromatic nitrogens is 2. The molecule has 18 heavy (non-hydrogen) atoms. The van der Waals surface area contributed by atoms with E-state index in [0.717, 1.165) is 16.8 Å². The minimum absolute atomic E-state index is 0.477. The van der Waals surface area contributed by atoms with Gasteiger partial charge in [0.15, 0.2) is 0 Å².